The summed E-state index contributed by atoms with van der Waals surface area (Å²) in [5, 5.41) is 9.48. The third-order valence-electron chi connectivity index (χ3n) is 2.10. The first-order chi connectivity index (χ1) is 5.65. The molecule has 0 amide bonds. The first-order valence-corrected chi connectivity index (χ1v) is 4.27. The molecule has 1 N–H and O–H groups in total. The van der Waals surface area contributed by atoms with E-state index in [-0.39, 0.29) is 0 Å². The molecule has 2 nitrogen and oxygen atoms in total. The molecule has 1 heterocycles. The van der Waals surface area contributed by atoms with Crippen LogP contribution in [0.4, 0.5) is 0 Å². The van der Waals surface area contributed by atoms with Gasteiger partial charge in [0.15, 0.2) is 0 Å². The molecule has 1 atom stereocenters. The lowest BCUT2D eigenvalue weighted by Crippen LogP contribution is -2.00. The van der Waals surface area contributed by atoms with Gasteiger partial charge in [0.1, 0.15) is 0 Å². The molecule has 0 spiro atoms. The van der Waals surface area contributed by atoms with E-state index in [0.29, 0.717) is 0 Å². The molecule has 0 radical (unpaired) electrons. The fourth-order valence-corrected chi connectivity index (χ4v) is 1.04. The van der Waals surface area contributed by atoms with Gasteiger partial charge in [0.25, 0.3) is 0 Å². The van der Waals surface area contributed by atoms with Crippen molar-refractivity contribution in [3.63, 3.8) is 0 Å². The minimum Gasteiger partial charge on any atom is -0.387 e. The molecule has 0 aliphatic rings. The Hall–Kier alpha value is -0.890. The Morgan fingerprint density at radius 3 is 2.58 bits per heavy atom. The van der Waals surface area contributed by atoms with Crippen LogP contribution in [0.1, 0.15) is 36.4 Å². The molecule has 0 fully saturated rings. The highest BCUT2D eigenvalue weighted by atomic mass is 16.3. The lowest BCUT2D eigenvalue weighted by atomic mass is 10.1. The monoisotopic (exact) mass is 165 g/mol. The van der Waals surface area contributed by atoms with Crippen LogP contribution in [-0.2, 0) is 0 Å². The molecule has 1 aromatic heterocycles. The molecule has 0 unspecified atom stereocenters. The van der Waals surface area contributed by atoms with Crippen molar-refractivity contribution in [3.05, 3.63) is 29.1 Å². The molecule has 0 bridgehead atoms. The van der Waals surface area contributed by atoms with Gasteiger partial charge in [-0.15, -0.1) is 0 Å². The van der Waals surface area contributed by atoms with Crippen LogP contribution in [0.3, 0.4) is 0 Å². The number of hydrogen-bond acceptors (Lipinski definition) is 2. The molecule has 12 heavy (non-hydrogen) atoms. The van der Waals surface area contributed by atoms with Gasteiger partial charge in [-0.25, -0.2) is 0 Å². The Balaban J connectivity index is 2.96. The Labute approximate surface area is 73.3 Å². The van der Waals surface area contributed by atoms with Gasteiger partial charge < -0.3 is 5.11 Å². The predicted molar refractivity (Wildman–Crippen MR) is 49.0 cm³/mol. The highest BCUT2D eigenvalue weighted by molar-refractivity contribution is 5.21. The van der Waals surface area contributed by atoms with E-state index in [9.17, 15) is 5.11 Å². The third-order valence-corrected chi connectivity index (χ3v) is 2.10. The maximum Gasteiger partial charge on any atom is 0.0957 e. The number of hydrogen-bond donors (Lipinski definition) is 1. The number of aliphatic hydroxyl groups is 1. The lowest BCUT2D eigenvalue weighted by molar-refractivity contribution is 0.168. The van der Waals surface area contributed by atoms with Gasteiger partial charge in [-0.3, -0.25) is 4.98 Å². The van der Waals surface area contributed by atoms with E-state index in [1.807, 2.05) is 32.9 Å². The first kappa shape index (κ1) is 9.20. The minimum absolute atomic E-state index is 0.413. The van der Waals surface area contributed by atoms with Crippen molar-refractivity contribution in [2.45, 2.75) is 33.3 Å². The summed E-state index contributed by atoms with van der Waals surface area (Å²) in [4.78, 5) is 4.29. The highest BCUT2D eigenvalue weighted by Crippen LogP contribution is 2.15. The maximum atomic E-state index is 9.48. The van der Waals surface area contributed by atoms with Crippen LogP contribution in [0.2, 0.25) is 0 Å². The minimum atomic E-state index is -0.413. The Bertz CT molecular complexity index is 271. The molecular formula is C10H15NO. The topological polar surface area (TPSA) is 33.1 Å². The molecule has 0 saturated heterocycles. The van der Waals surface area contributed by atoms with Crippen molar-refractivity contribution in [1.29, 1.82) is 0 Å². The van der Waals surface area contributed by atoms with Crippen LogP contribution in [0.25, 0.3) is 0 Å². The number of aromatic nitrogens is 1. The average molecular weight is 165 g/mol. The number of aliphatic hydroxyl groups excluding tert-OH is 1. The summed E-state index contributed by atoms with van der Waals surface area (Å²) in [7, 11) is 0. The lowest BCUT2D eigenvalue weighted by Gasteiger charge is -2.08. The summed E-state index contributed by atoms with van der Waals surface area (Å²) < 4.78 is 0. The summed E-state index contributed by atoms with van der Waals surface area (Å²) in [6, 6.07) is 3.88. The van der Waals surface area contributed by atoms with Gasteiger partial charge in [0.2, 0.25) is 0 Å². The first-order valence-electron chi connectivity index (χ1n) is 4.27. The van der Waals surface area contributed by atoms with Gasteiger partial charge in [-0.2, -0.15) is 0 Å². The van der Waals surface area contributed by atoms with Crippen LogP contribution < -0.4 is 0 Å². The highest BCUT2D eigenvalue weighted by Gasteiger charge is 2.06. The second-order valence-corrected chi connectivity index (χ2v) is 3.06. The third kappa shape index (κ3) is 1.83. The van der Waals surface area contributed by atoms with E-state index in [2.05, 4.69) is 4.98 Å². The van der Waals surface area contributed by atoms with E-state index in [0.717, 1.165) is 17.8 Å². The standard InChI is InChI=1S/C10H15NO/c1-4-10(12)9-6-5-7(2)8(3)11-9/h5-6,10,12H,4H2,1-3H3/t10-/m1/s1. The SMILES string of the molecule is CC[C@@H](O)c1ccc(C)c(C)n1. The van der Waals surface area contributed by atoms with Crippen molar-refractivity contribution in [2.24, 2.45) is 0 Å². The Morgan fingerprint density at radius 1 is 1.42 bits per heavy atom. The van der Waals surface area contributed by atoms with Gasteiger partial charge >= 0.3 is 0 Å². The predicted octanol–water partition coefficient (Wildman–Crippen LogP) is 2.14. The average Bonchev–Trinajstić information content (AvgIpc) is 2.08. The van der Waals surface area contributed by atoms with Crippen molar-refractivity contribution in [3.8, 4) is 0 Å². The van der Waals surface area contributed by atoms with Gasteiger partial charge in [-0.1, -0.05) is 13.0 Å². The quantitative estimate of drug-likeness (QED) is 0.728. The van der Waals surface area contributed by atoms with Gasteiger partial charge in [-0.05, 0) is 31.9 Å². The number of aryl methyl sites for hydroxylation is 2. The zero-order chi connectivity index (χ0) is 9.14. The maximum absolute atomic E-state index is 9.48. The summed E-state index contributed by atoms with van der Waals surface area (Å²) >= 11 is 0. The Kier molecular flexibility index (Phi) is 2.82. The van der Waals surface area contributed by atoms with E-state index >= 15 is 0 Å². The van der Waals surface area contributed by atoms with E-state index in [1.54, 1.807) is 0 Å². The van der Waals surface area contributed by atoms with Crippen molar-refractivity contribution < 1.29 is 5.11 Å². The molecule has 1 aromatic rings. The van der Waals surface area contributed by atoms with E-state index in [1.165, 1.54) is 5.56 Å². The smallest absolute Gasteiger partial charge is 0.0957 e. The number of nitrogens with zero attached hydrogens (tertiary/aromatic N) is 1. The molecule has 66 valence electrons. The largest absolute Gasteiger partial charge is 0.387 e. The van der Waals surface area contributed by atoms with E-state index < -0.39 is 6.10 Å². The van der Waals surface area contributed by atoms with Crippen LogP contribution >= 0.6 is 0 Å². The molecule has 0 aliphatic carbocycles. The van der Waals surface area contributed by atoms with Crippen molar-refractivity contribution in [1.82, 2.24) is 4.98 Å². The fraction of sp³-hybridized carbons (Fsp3) is 0.500. The second kappa shape index (κ2) is 3.68. The van der Waals surface area contributed by atoms with Crippen LogP contribution in [0, 0.1) is 13.8 Å². The Morgan fingerprint density at radius 2 is 2.08 bits per heavy atom. The molecule has 1 rings (SSSR count). The summed E-state index contributed by atoms with van der Waals surface area (Å²) in [6.45, 7) is 5.92. The van der Waals surface area contributed by atoms with Gasteiger partial charge in [0, 0.05) is 5.69 Å². The van der Waals surface area contributed by atoms with Crippen LogP contribution in [0.5, 0.6) is 0 Å². The molecule has 0 saturated carbocycles. The number of pyridine rings is 1. The van der Waals surface area contributed by atoms with Crippen molar-refractivity contribution >= 4 is 0 Å². The zero-order valence-corrected chi connectivity index (χ0v) is 7.83. The molecule has 0 aromatic carbocycles. The normalized spacial score (nSPS) is 13.0. The van der Waals surface area contributed by atoms with Gasteiger partial charge in [0.05, 0.1) is 11.8 Å². The summed E-state index contributed by atoms with van der Waals surface area (Å²) in [5.74, 6) is 0. The van der Waals surface area contributed by atoms with E-state index in [4.69, 9.17) is 0 Å². The fourth-order valence-electron chi connectivity index (χ4n) is 1.04. The second-order valence-electron chi connectivity index (χ2n) is 3.06. The summed E-state index contributed by atoms with van der Waals surface area (Å²) in [6.07, 6.45) is 0.305. The molecule has 2 heteroatoms. The number of rotatable bonds is 2. The van der Waals surface area contributed by atoms with Crippen LogP contribution in [0.15, 0.2) is 12.1 Å². The molecule has 0 aliphatic heterocycles. The molecular weight excluding hydrogens is 150 g/mol. The summed E-state index contributed by atoms with van der Waals surface area (Å²) in [5.41, 5.74) is 2.95. The van der Waals surface area contributed by atoms with Crippen LogP contribution in [-0.4, -0.2) is 10.1 Å². The van der Waals surface area contributed by atoms with Crippen molar-refractivity contribution in [2.75, 3.05) is 0 Å². The zero-order valence-electron chi connectivity index (χ0n) is 7.83.